The summed E-state index contributed by atoms with van der Waals surface area (Å²) in [7, 11) is 0. The van der Waals surface area contributed by atoms with Crippen LogP contribution < -0.4 is 0 Å². The van der Waals surface area contributed by atoms with E-state index < -0.39 is 0 Å². The van der Waals surface area contributed by atoms with E-state index in [1.165, 1.54) is 0 Å². The summed E-state index contributed by atoms with van der Waals surface area (Å²) in [4.78, 5) is 18.2. The van der Waals surface area contributed by atoms with Crippen LogP contribution in [-0.2, 0) is 0 Å². The maximum absolute atomic E-state index is 9.93. The van der Waals surface area contributed by atoms with Gasteiger partial charge in [-0.1, -0.05) is 140 Å². The average Bonchev–Trinajstić information content (AvgIpc) is 3.20. The number of benzene rings is 7. The molecule has 0 N–H and O–H groups in total. The third-order valence-electron chi connectivity index (χ3n) is 8.76. The lowest BCUT2D eigenvalue weighted by atomic mass is 9.90. The lowest BCUT2D eigenvalue weighted by Gasteiger charge is -2.14. The van der Waals surface area contributed by atoms with Crippen molar-refractivity contribution in [2.45, 2.75) is 0 Å². The second-order valence-electron chi connectivity index (χ2n) is 11.9. The minimum Gasteiger partial charge on any atom is -0.238 e. The van der Waals surface area contributed by atoms with Crippen LogP contribution in [0, 0.1) is 17.9 Å². The Labute approximate surface area is 290 Å². The molecule has 8 aromatic rings. The average molecular weight is 638 g/mol. The third kappa shape index (κ3) is 5.88. The van der Waals surface area contributed by atoms with Gasteiger partial charge in [0, 0.05) is 16.7 Å². The molecule has 0 aliphatic heterocycles. The van der Waals surface area contributed by atoms with Gasteiger partial charge in [-0.15, -0.1) is 0 Å². The topological polar surface area (TPSA) is 66.8 Å². The Bertz CT molecular complexity index is 2540. The predicted octanol–water partition coefficient (Wildman–Crippen LogP) is 11.4. The lowest BCUT2D eigenvalue weighted by Crippen LogP contribution is -2.00. The molecule has 0 aliphatic rings. The van der Waals surface area contributed by atoms with Gasteiger partial charge < -0.3 is 0 Å². The van der Waals surface area contributed by atoms with E-state index >= 15 is 0 Å². The smallest absolute Gasteiger partial charge is 0.187 e. The van der Waals surface area contributed by atoms with Gasteiger partial charge >= 0.3 is 0 Å². The summed E-state index contributed by atoms with van der Waals surface area (Å²) in [5.74, 6) is 1.87. The van der Waals surface area contributed by atoms with Crippen LogP contribution in [0.2, 0.25) is 0 Å². The Morgan fingerprint density at radius 2 is 0.900 bits per heavy atom. The second-order valence-corrected chi connectivity index (χ2v) is 11.9. The molecule has 7 aromatic carbocycles. The van der Waals surface area contributed by atoms with Crippen molar-refractivity contribution in [1.29, 1.82) is 5.26 Å². The molecule has 0 bridgehead atoms. The molecule has 8 rings (SSSR count). The molecule has 0 spiro atoms. The van der Waals surface area contributed by atoms with Gasteiger partial charge in [-0.2, -0.15) is 5.26 Å². The number of rotatable bonds is 6. The van der Waals surface area contributed by atoms with Crippen molar-refractivity contribution in [1.82, 2.24) is 15.0 Å². The molecule has 0 atom stereocenters. The Morgan fingerprint density at radius 3 is 1.46 bits per heavy atom. The summed E-state index contributed by atoms with van der Waals surface area (Å²) in [6, 6.07) is 56.7. The summed E-state index contributed by atoms with van der Waals surface area (Å²) < 4.78 is 0. The SMILES string of the molecule is [C-]#[N+]c1cccc(-c2cc(C#N)cc(-c3ccc(-c4ccc(-c5nc(-c6ccccc6)nc(-c6ccccc6)n5)cc4)c4ccccc34)c2)c1. The summed E-state index contributed by atoms with van der Waals surface area (Å²) >= 11 is 0. The second kappa shape index (κ2) is 13.1. The number of nitrogens with zero attached hydrogens (tertiary/aromatic N) is 5. The molecule has 0 aliphatic carbocycles. The van der Waals surface area contributed by atoms with Gasteiger partial charge in [0.1, 0.15) is 0 Å². The van der Waals surface area contributed by atoms with Crippen molar-refractivity contribution in [2.75, 3.05) is 0 Å². The molecule has 0 unspecified atom stereocenters. The largest absolute Gasteiger partial charge is 0.238 e. The first-order valence-corrected chi connectivity index (χ1v) is 16.2. The normalized spacial score (nSPS) is 10.8. The molecule has 0 saturated heterocycles. The standard InChI is InChI=1S/C45H27N5/c1-47-38-16-10-15-35(28-38)36-25-30(29-46)26-37(27-36)40-24-23-39(41-17-8-9-18-42(40)41)31-19-21-34(22-20-31)45-49-43(32-11-4-2-5-12-32)48-44(50-45)33-13-6-3-7-14-33/h2-28H. The molecule has 5 heteroatoms. The van der Waals surface area contributed by atoms with Gasteiger partial charge in [-0.3, -0.25) is 0 Å². The molecule has 0 saturated carbocycles. The Morgan fingerprint density at radius 1 is 0.420 bits per heavy atom. The quantitative estimate of drug-likeness (QED) is 0.170. The van der Waals surface area contributed by atoms with Gasteiger partial charge in [0.25, 0.3) is 0 Å². The van der Waals surface area contributed by atoms with Gasteiger partial charge in [0.05, 0.1) is 18.2 Å². The van der Waals surface area contributed by atoms with E-state index in [0.717, 1.165) is 60.8 Å². The molecule has 0 amide bonds. The van der Waals surface area contributed by atoms with E-state index in [9.17, 15) is 5.26 Å². The zero-order valence-electron chi connectivity index (χ0n) is 26.8. The van der Waals surface area contributed by atoms with E-state index in [1.807, 2.05) is 97.1 Å². The van der Waals surface area contributed by atoms with E-state index in [2.05, 4.69) is 71.6 Å². The number of nitriles is 1. The summed E-state index contributed by atoms with van der Waals surface area (Å²) in [6.07, 6.45) is 0. The highest BCUT2D eigenvalue weighted by molar-refractivity contribution is 6.05. The summed E-state index contributed by atoms with van der Waals surface area (Å²) in [6.45, 7) is 7.44. The lowest BCUT2D eigenvalue weighted by molar-refractivity contribution is 1.07. The van der Waals surface area contributed by atoms with Gasteiger partial charge in [0.2, 0.25) is 0 Å². The van der Waals surface area contributed by atoms with Gasteiger partial charge in [0.15, 0.2) is 23.2 Å². The molecule has 0 fully saturated rings. The maximum Gasteiger partial charge on any atom is 0.187 e. The summed E-state index contributed by atoms with van der Waals surface area (Å²) in [5, 5.41) is 12.1. The van der Waals surface area contributed by atoms with Crippen LogP contribution >= 0.6 is 0 Å². The van der Waals surface area contributed by atoms with Crippen LogP contribution in [0.25, 0.3) is 83.2 Å². The Balaban J connectivity index is 1.19. The Hall–Kier alpha value is -7.21. The molecular formula is C45H27N5. The van der Waals surface area contributed by atoms with E-state index in [1.54, 1.807) is 6.07 Å². The molecule has 50 heavy (non-hydrogen) atoms. The maximum atomic E-state index is 9.93. The van der Waals surface area contributed by atoms with Gasteiger partial charge in [-0.05, 0) is 68.4 Å². The van der Waals surface area contributed by atoms with Crippen molar-refractivity contribution in [3.05, 3.63) is 181 Å². The molecule has 1 aromatic heterocycles. The van der Waals surface area contributed by atoms with Crippen molar-refractivity contribution in [2.24, 2.45) is 0 Å². The number of fused-ring (bicyclic) bond motifs is 1. The van der Waals surface area contributed by atoms with Crippen molar-refractivity contribution in [3.8, 4) is 73.6 Å². The highest BCUT2D eigenvalue weighted by Crippen LogP contribution is 2.38. The highest BCUT2D eigenvalue weighted by Gasteiger charge is 2.15. The van der Waals surface area contributed by atoms with Gasteiger partial charge in [-0.25, -0.2) is 19.8 Å². The molecule has 232 valence electrons. The van der Waals surface area contributed by atoms with Crippen molar-refractivity contribution in [3.63, 3.8) is 0 Å². The first-order chi connectivity index (χ1) is 24.7. The third-order valence-corrected chi connectivity index (χ3v) is 8.76. The van der Waals surface area contributed by atoms with Crippen LogP contribution in [0.4, 0.5) is 5.69 Å². The Kier molecular flexibility index (Phi) is 7.91. The molecule has 5 nitrogen and oxygen atoms in total. The van der Waals surface area contributed by atoms with Crippen LogP contribution in [0.3, 0.4) is 0 Å². The van der Waals surface area contributed by atoms with Crippen LogP contribution in [0.15, 0.2) is 164 Å². The van der Waals surface area contributed by atoms with E-state index in [0.29, 0.717) is 28.7 Å². The van der Waals surface area contributed by atoms with Crippen LogP contribution in [0.5, 0.6) is 0 Å². The van der Waals surface area contributed by atoms with Crippen LogP contribution in [0.1, 0.15) is 5.56 Å². The van der Waals surface area contributed by atoms with Crippen molar-refractivity contribution < 1.29 is 0 Å². The fourth-order valence-corrected chi connectivity index (χ4v) is 6.31. The fourth-order valence-electron chi connectivity index (χ4n) is 6.31. The zero-order valence-corrected chi connectivity index (χ0v) is 26.8. The van der Waals surface area contributed by atoms with E-state index in [4.69, 9.17) is 21.5 Å². The number of hydrogen-bond donors (Lipinski definition) is 0. The van der Waals surface area contributed by atoms with E-state index in [-0.39, 0.29) is 0 Å². The minimum atomic E-state index is 0.566. The minimum absolute atomic E-state index is 0.566. The first kappa shape index (κ1) is 30.1. The fraction of sp³-hybridized carbons (Fsp3) is 0. The number of aromatic nitrogens is 3. The molecule has 0 radical (unpaired) electrons. The van der Waals surface area contributed by atoms with Crippen molar-refractivity contribution >= 4 is 16.5 Å². The molecular weight excluding hydrogens is 611 g/mol. The zero-order chi connectivity index (χ0) is 33.9. The highest BCUT2D eigenvalue weighted by atomic mass is 15.0. The summed E-state index contributed by atoms with van der Waals surface area (Å²) in [5.41, 5.74) is 9.85. The predicted molar refractivity (Wildman–Crippen MR) is 201 cm³/mol. The first-order valence-electron chi connectivity index (χ1n) is 16.2. The molecule has 1 heterocycles. The monoisotopic (exact) mass is 637 g/mol. The van der Waals surface area contributed by atoms with Crippen LogP contribution in [-0.4, -0.2) is 15.0 Å². The number of hydrogen-bond acceptors (Lipinski definition) is 4.